The van der Waals surface area contributed by atoms with Crippen LogP contribution >= 0.6 is 0 Å². The van der Waals surface area contributed by atoms with E-state index in [2.05, 4.69) is 0 Å². The zero-order valence-electron chi connectivity index (χ0n) is 11.5. The maximum Gasteiger partial charge on any atom is 0.417 e. The Morgan fingerprint density at radius 3 is 2.50 bits per heavy atom. The van der Waals surface area contributed by atoms with Gasteiger partial charge in [-0.25, -0.2) is 0 Å². The van der Waals surface area contributed by atoms with Gasteiger partial charge in [-0.2, -0.15) is 13.2 Å². The molecule has 0 aromatic heterocycles. The maximum atomic E-state index is 13.0. The molecule has 0 heterocycles. The first-order chi connectivity index (χ1) is 9.45. The molecule has 2 atom stereocenters. The molecule has 0 radical (unpaired) electrons. The van der Waals surface area contributed by atoms with Gasteiger partial charge in [-0.05, 0) is 24.8 Å². The number of hydrogen-bond donors (Lipinski definition) is 0. The second-order valence-electron chi connectivity index (χ2n) is 5.47. The predicted octanol–water partition coefficient (Wildman–Crippen LogP) is 5.10. The molecule has 1 saturated carbocycles. The van der Waals surface area contributed by atoms with Gasteiger partial charge in [0.05, 0.1) is 5.56 Å². The van der Waals surface area contributed by atoms with E-state index in [0.717, 1.165) is 31.7 Å². The van der Waals surface area contributed by atoms with Crippen molar-refractivity contribution in [2.24, 2.45) is 11.8 Å². The van der Waals surface area contributed by atoms with Crippen LogP contribution in [0.3, 0.4) is 0 Å². The molecule has 0 amide bonds. The van der Waals surface area contributed by atoms with E-state index in [4.69, 9.17) is 0 Å². The van der Waals surface area contributed by atoms with Gasteiger partial charge in [0.15, 0.2) is 5.78 Å². The lowest BCUT2D eigenvalue weighted by Crippen LogP contribution is -2.28. The fourth-order valence-corrected chi connectivity index (χ4v) is 3.19. The van der Waals surface area contributed by atoms with Crippen LogP contribution in [0.5, 0.6) is 0 Å². The number of rotatable bonds is 3. The van der Waals surface area contributed by atoms with E-state index in [-0.39, 0.29) is 23.2 Å². The van der Waals surface area contributed by atoms with Gasteiger partial charge in [0.1, 0.15) is 0 Å². The van der Waals surface area contributed by atoms with E-state index in [1.807, 2.05) is 6.92 Å². The molecule has 2 unspecified atom stereocenters. The number of alkyl halides is 3. The van der Waals surface area contributed by atoms with E-state index in [0.29, 0.717) is 6.42 Å². The van der Waals surface area contributed by atoms with Gasteiger partial charge >= 0.3 is 6.18 Å². The second kappa shape index (κ2) is 5.98. The summed E-state index contributed by atoms with van der Waals surface area (Å²) in [5.41, 5.74) is -0.962. The minimum Gasteiger partial charge on any atom is -0.294 e. The Labute approximate surface area is 117 Å². The lowest BCUT2D eigenvalue weighted by atomic mass is 9.74. The zero-order chi connectivity index (χ0) is 14.8. The second-order valence-corrected chi connectivity index (χ2v) is 5.47. The van der Waals surface area contributed by atoms with E-state index in [9.17, 15) is 18.0 Å². The lowest BCUT2D eigenvalue weighted by molar-refractivity contribution is -0.138. The lowest BCUT2D eigenvalue weighted by Gasteiger charge is -2.30. The highest BCUT2D eigenvalue weighted by molar-refractivity contribution is 5.99. The molecule has 110 valence electrons. The smallest absolute Gasteiger partial charge is 0.294 e. The third kappa shape index (κ3) is 3.05. The number of ketones is 1. The molecule has 20 heavy (non-hydrogen) atoms. The first kappa shape index (κ1) is 15.1. The summed E-state index contributed by atoms with van der Waals surface area (Å²) in [7, 11) is 0. The average Bonchev–Trinajstić information content (AvgIpc) is 2.45. The predicted molar refractivity (Wildman–Crippen MR) is 71.5 cm³/mol. The van der Waals surface area contributed by atoms with Gasteiger partial charge in [0.25, 0.3) is 0 Å². The van der Waals surface area contributed by atoms with Crippen molar-refractivity contribution in [3.63, 3.8) is 0 Å². The van der Waals surface area contributed by atoms with Crippen molar-refractivity contribution in [1.29, 1.82) is 0 Å². The van der Waals surface area contributed by atoms with Crippen LogP contribution in [-0.4, -0.2) is 5.78 Å². The molecule has 1 aromatic carbocycles. The van der Waals surface area contributed by atoms with Crippen LogP contribution in [0.2, 0.25) is 0 Å². The van der Waals surface area contributed by atoms with Gasteiger partial charge in [-0.15, -0.1) is 0 Å². The van der Waals surface area contributed by atoms with Crippen molar-refractivity contribution in [2.45, 2.75) is 45.2 Å². The molecule has 1 aliphatic carbocycles. The Hall–Kier alpha value is -1.32. The molecular formula is C16H19F3O. The van der Waals surface area contributed by atoms with Crippen LogP contribution in [0.25, 0.3) is 0 Å². The van der Waals surface area contributed by atoms with E-state index in [1.54, 1.807) is 0 Å². The highest BCUT2D eigenvalue weighted by Gasteiger charge is 2.38. The Morgan fingerprint density at radius 2 is 1.85 bits per heavy atom. The molecule has 0 saturated heterocycles. The molecule has 0 aliphatic heterocycles. The van der Waals surface area contributed by atoms with Crippen LogP contribution in [-0.2, 0) is 6.18 Å². The number of hydrogen-bond acceptors (Lipinski definition) is 1. The molecular weight excluding hydrogens is 265 g/mol. The highest BCUT2D eigenvalue weighted by Crippen LogP contribution is 2.38. The quantitative estimate of drug-likeness (QED) is 0.705. The van der Waals surface area contributed by atoms with Gasteiger partial charge in [-0.1, -0.05) is 44.4 Å². The van der Waals surface area contributed by atoms with Crippen LogP contribution in [0.1, 0.15) is 54.9 Å². The largest absolute Gasteiger partial charge is 0.417 e. The van der Waals surface area contributed by atoms with Crippen molar-refractivity contribution in [2.75, 3.05) is 0 Å². The van der Waals surface area contributed by atoms with E-state index < -0.39 is 11.7 Å². The first-order valence-corrected chi connectivity index (χ1v) is 7.15. The summed E-state index contributed by atoms with van der Waals surface area (Å²) in [6, 6.07) is 5.15. The summed E-state index contributed by atoms with van der Waals surface area (Å²) in [4.78, 5) is 12.5. The van der Waals surface area contributed by atoms with Crippen LogP contribution in [0.4, 0.5) is 13.2 Å². The summed E-state index contributed by atoms with van der Waals surface area (Å²) >= 11 is 0. The van der Waals surface area contributed by atoms with Gasteiger partial charge in [-0.3, -0.25) is 4.79 Å². The standard InChI is InChI=1S/C16H19F3O/c1-2-11-7-3-4-8-12(11)15(20)13-9-5-6-10-14(13)16(17,18)19/h5-6,9-12H,2-4,7-8H2,1H3. The van der Waals surface area contributed by atoms with Crippen molar-refractivity contribution in [1.82, 2.24) is 0 Å². The molecule has 1 aromatic rings. The average molecular weight is 284 g/mol. The SMILES string of the molecule is CCC1CCCCC1C(=O)c1ccccc1C(F)(F)F. The first-order valence-electron chi connectivity index (χ1n) is 7.15. The van der Waals surface area contributed by atoms with Crippen molar-refractivity contribution >= 4 is 5.78 Å². The van der Waals surface area contributed by atoms with Crippen molar-refractivity contribution in [3.05, 3.63) is 35.4 Å². The molecule has 4 heteroatoms. The van der Waals surface area contributed by atoms with Gasteiger partial charge in [0.2, 0.25) is 0 Å². The Balaban J connectivity index is 2.33. The van der Waals surface area contributed by atoms with Crippen molar-refractivity contribution < 1.29 is 18.0 Å². The van der Waals surface area contributed by atoms with Crippen LogP contribution in [0, 0.1) is 11.8 Å². The van der Waals surface area contributed by atoms with Crippen molar-refractivity contribution in [3.8, 4) is 0 Å². The molecule has 1 fully saturated rings. The molecule has 1 aliphatic rings. The Kier molecular flexibility index (Phi) is 4.51. The number of carbonyl (C=O) groups is 1. The molecule has 1 nitrogen and oxygen atoms in total. The number of Topliss-reactive ketones (excluding diaryl/α,β-unsaturated/α-hetero) is 1. The third-order valence-corrected chi connectivity index (χ3v) is 4.27. The molecule has 0 N–H and O–H groups in total. The maximum absolute atomic E-state index is 13.0. The normalized spacial score (nSPS) is 23.6. The van der Waals surface area contributed by atoms with Crippen LogP contribution in [0.15, 0.2) is 24.3 Å². The monoisotopic (exact) mass is 284 g/mol. The third-order valence-electron chi connectivity index (χ3n) is 4.27. The number of benzene rings is 1. The minimum atomic E-state index is -4.47. The summed E-state index contributed by atoms with van der Waals surface area (Å²) in [6.07, 6.45) is 0.0438. The number of halogens is 3. The fourth-order valence-electron chi connectivity index (χ4n) is 3.19. The summed E-state index contributed by atoms with van der Waals surface area (Å²) in [5, 5.41) is 0. The van der Waals surface area contributed by atoms with Gasteiger partial charge < -0.3 is 0 Å². The van der Waals surface area contributed by atoms with Gasteiger partial charge in [0, 0.05) is 11.5 Å². The molecule has 0 spiro atoms. The summed E-state index contributed by atoms with van der Waals surface area (Å²) in [5.74, 6) is -0.362. The Bertz CT molecular complexity index is 479. The van der Waals surface area contributed by atoms with Crippen LogP contribution < -0.4 is 0 Å². The molecule has 2 rings (SSSR count). The summed E-state index contributed by atoms with van der Waals surface area (Å²) < 4.78 is 39.0. The highest BCUT2D eigenvalue weighted by atomic mass is 19.4. The molecule has 0 bridgehead atoms. The Morgan fingerprint density at radius 1 is 1.20 bits per heavy atom. The fraction of sp³-hybridized carbons (Fsp3) is 0.562. The number of carbonyl (C=O) groups excluding carboxylic acids is 1. The summed E-state index contributed by atoms with van der Waals surface area (Å²) in [6.45, 7) is 2.01. The topological polar surface area (TPSA) is 17.1 Å². The minimum absolute atomic E-state index is 0.162. The van der Waals surface area contributed by atoms with E-state index in [1.165, 1.54) is 18.2 Å². The zero-order valence-corrected chi connectivity index (χ0v) is 11.5. The van der Waals surface area contributed by atoms with E-state index >= 15 is 0 Å².